The predicted molar refractivity (Wildman–Crippen MR) is 112 cm³/mol. The van der Waals surface area contributed by atoms with Crippen molar-refractivity contribution in [1.29, 1.82) is 0 Å². The van der Waals surface area contributed by atoms with Gasteiger partial charge in [-0.3, -0.25) is 9.59 Å². The van der Waals surface area contributed by atoms with Crippen LogP contribution in [-0.4, -0.2) is 22.3 Å². The number of carbonyl (C=O) groups is 2. The molecule has 4 saturated carbocycles. The van der Waals surface area contributed by atoms with Crippen LogP contribution in [-0.2, 0) is 4.79 Å². The Balaban J connectivity index is 1.39. The third kappa shape index (κ3) is 3.42. The van der Waals surface area contributed by atoms with Crippen molar-refractivity contribution in [2.45, 2.75) is 44.1 Å². The lowest BCUT2D eigenvalue weighted by molar-refractivity contribution is -0.144. The summed E-state index contributed by atoms with van der Waals surface area (Å²) in [7, 11) is 0. The third-order valence-electron chi connectivity index (χ3n) is 6.91. The van der Waals surface area contributed by atoms with Crippen molar-refractivity contribution in [2.24, 2.45) is 17.3 Å². The van der Waals surface area contributed by atoms with Gasteiger partial charge in [0.05, 0.1) is 5.41 Å². The van der Waals surface area contributed by atoms with Crippen LogP contribution in [0.5, 0.6) is 0 Å². The molecule has 6 rings (SSSR count). The SMILES string of the molecule is O=C(NC12CC3CC(C1)CC(C(=O)Nc1ccccn1)(C3)C2)c1cccc(Cl)c1. The molecule has 2 amide bonds. The van der Waals surface area contributed by atoms with Gasteiger partial charge in [0.2, 0.25) is 5.91 Å². The normalized spacial score (nSPS) is 32.0. The largest absolute Gasteiger partial charge is 0.347 e. The number of hydrogen-bond acceptors (Lipinski definition) is 3. The van der Waals surface area contributed by atoms with Gasteiger partial charge < -0.3 is 10.6 Å². The lowest BCUT2D eigenvalue weighted by Gasteiger charge is -2.61. The van der Waals surface area contributed by atoms with Crippen molar-refractivity contribution in [3.05, 3.63) is 59.2 Å². The van der Waals surface area contributed by atoms with E-state index in [-0.39, 0.29) is 17.4 Å². The van der Waals surface area contributed by atoms with E-state index >= 15 is 0 Å². The molecule has 4 aliphatic rings. The zero-order valence-electron chi connectivity index (χ0n) is 16.2. The van der Waals surface area contributed by atoms with E-state index in [0.29, 0.717) is 34.7 Å². The molecule has 4 fully saturated rings. The fourth-order valence-corrected chi connectivity index (χ4v) is 6.49. The molecule has 1 heterocycles. The number of pyridine rings is 1. The molecule has 0 aliphatic heterocycles. The number of rotatable bonds is 4. The number of nitrogens with zero attached hydrogens (tertiary/aromatic N) is 1. The number of halogens is 1. The molecule has 2 atom stereocenters. The number of amides is 2. The first-order valence-electron chi connectivity index (χ1n) is 10.3. The van der Waals surface area contributed by atoms with E-state index < -0.39 is 5.41 Å². The Morgan fingerprint density at radius 1 is 1.03 bits per heavy atom. The lowest BCUT2D eigenvalue weighted by Crippen LogP contribution is -2.65. The fourth-order valence-electron chi connectivity index (χ4n) is 6.30. The van der Waals surface area contributed by atoms with Gasteiger partial charge >= 0.3 is 0 Å². The molecule has 1 aromatic carbocycles. The molecule has 2 aromatic rings. The van der Waals surface area contributed by atoms with Crippen molar-refractivity contribution < 1.29 is 9.59 Å². The van der Waals surface area contributed by atoms with Crippen LogP contribution in [0.3, 0.4) is 0 Å². The van der Waals surface area contributed by atoms with Crippen LogP contribution in [0.1, 0.15) is 48.9 Å². The maximum absolute atomic E-state index is 13.3. The summed E-state index contributed by atoms with van der Waals surface area (Å²) in [6, 6.07) is 12.6. The second-order valence-electron chi connectivity index (χ2n) is 9.16. The average Bonchev–Trinajstić information content (AvgIpc) is 2.67. The van der Waals surface area contributed by atoms with Gasteiger partial charge in [0.1, 0.15) is 5.82 Å². The Morgan fingerprint density at radius 2 is 1.83 bits per heavy atom. The summed E-state index contributed by atoms with van der Waals surface area (Å²) in [6.07, 6.45) is 7.24. The minimum atomic E-state index is -0.427. The van der Waals surface area contributed by atoms with E-state index in [2.05, 4.69) is 15.6 Å². The van der Waals surface area contributed by atoms with Gasteiger partial charge in [0, 0.05) is 22.3 Å². The number of carbonyl (C=O) groups excluding carboxylic acids is 2. The second kappa shape index (κ2) is 6.84. The summed E-state index contributed by atoms with van der Waals surface area (Å²) in [5.74, 6) is 1.49. The molecular formula is C23H24ClN3O2. The highest BCUT2D eigenvalue weighted by atomic mass is 35.5. The highest BCUT2D eigenvalue weighted by Crippen LogP contribution is 2.62. The minimum Gasteiger partial charge on any atom is -0.347 e. The summed E-state index contributed by atoms with van der Waals surface area (Å²) in [6.45, 7) is 0. The first-order chi connectivity index (χ1) is 14.0. The van der Waals surface area contributed by atoms with Gasteiger partial charge in [-0.2, -0.15) is 0 Å². The van der Waals surface area contributed by atoms with Crippen LogP contribution < -0.4 is 10.6 Å². The smallest absolute Gasteiger partial charge is 0.251 e. The van der Waals surface area contributed by atoms with E-state index in [9.17, 15) is 9.59 Å². The summed E-state index contributed by atoms with van der Waals surface area (Å²) < 4.78 is 0. The van der Waals surface area contributed by atoms with Crippen molar-refractivity contribution in [1.82, 2.24) is 10.3 Å². The summed E-state index contributed by atoms with van der Waals surface area (Å²) >= 11 is 6.07. The Kier molecular flexibility index (Phi) is 4.39. The van der Waals surface area contributed by atoms with Gasteiger partial charge in [-0.1, -0.05) is 23.7 Å². The number of hydrogen-bond donors (Lipinski definition) is 2. The van der Waals surface area contributed by atoms with Gasteiger partial charge in [-0.05, 0) is 80.7 Å². The van der Waals surface area contributed by atoms with E-state index in [1.807, 2.05) is 18.2 Å². The van der Waals surface area contributed by atoms with Crippen molar-refractivity contribution >= 4 is 29.2 Å². The number of anilines is 1. The molecule has 0 saturated heterocycles. The zero-order valence-corrected chi connectivity index (χ0v) is 16.9. The van der Waals surface area contributed by atoms with Crippen LogP contribution in [0.15, 0.2) is 48.7 Å². The first kappa shape index (κ1) is 18.6. The zero-order chi connectivity index (χ0) is 20.1. The summed E-state index contributed by atoms with van der Waals surface area (Å²) in [5.41, 5.74) is -0.172. The van der Waals surface area contributed by atoms with Crippen molar-refractivity contribution in [3.63, 3.8) is 0 Å². The molecule has 150 valence electrons. The number of aromatic nitrogens is 1. The van der Waals surface area contributed by atoms with Gasteiger partial charge in [-0.15, -0.1) is 0 Å². The minimum absolute atomic E-state index is 0.0479. The highest BCUT2D eigenvalue weighted by Gasteiger charge is 2.61. The predicted octanol–water partition coefficient (Wildman–Crippen LogP) is 4.44. The monoisotopic (exact) mass is 409 g/mol. The molecule has 1 aromatic heterocycles. The molecule has 6 heteroatoms. The molecule has 0 spiro atoms. The molecule has 4 aliphatic carbocycles. The summed E-state index contributed by atoms with van der Waals surface area (Å²) in [5, 5.41) is 6.90. The summed E-state index contributed by atoms with van der Waals surface area (Å²) in [4.78, 5) is 30.5. The van der Waals surface area contributed by atoms with Gasteiger partial charge in [0.15, 0.2) is 0 Å². The van der Waals surface area contributed by atoms with Crippen LogP contribution in [0.2, 0.25) is 5.02 Å². The van der Waals surface area contributed by atoms with Crippen LogP contribution in [0.4, 0.5) is 5.82 Å². The standard InChI is InChI=1S/C23H24ClN3O2/c24-18-5-3-4-17(9-18)20(28)27-23-12-15-8-16(13-23)11-22(10-15,14-23)21(29)26-19-6-1-2-7-25-19/h1-7,9,15-16H,8,10-14H2,(H,27,28)(H,25,26,29). The number of benzene rings is 1. The second-order valence-corrected chi connectivity index (χ2v) is 9.59. The average molecular weight is 410 g/mol. The van der Waals surface area contributed by atoms with Crippen molar-refractivity contribution in [3.8, 4) is 0 Å². The molecule has 2 unspecified atom stereocenters. The van der Waals surface area contributed by atoms with Crippen molar-refractivity contribution in [2.75, 3.05) is 5.32 Å². The number of nitrogens with one attached hydrogen (secondary N) is 2. The first-order valence-corrected chi connectivity index (χ1v) is 10.6. The molecule has 2 N–H and O–H groups in total. The van der Waals surface area contributed by atoms with Gasteiger partial charge in [0.25, 0.3) is 5.91 Å². The molecular weight excluding hydrogens is 386 g/mol. The highest BCUT2D eigenvalue weighted by molar-refractivity contribution is 6.30. The molecule has 0 radical (unpaired) electrons. The maximum Gasteiger partial charge on any atom is 0.251 e. The Hall–Kier alpha value is -2.40. The van der Waals surface area contributed by atoms with Gasteiger partial charge in [-0.25, -0.2) is 4.98 Å². The topological polar surface area (TPSA) is 71.1 Å². The molecule has 4 bridgehead atoms. The fraction of sp³-hybridized carbons (Fsp3) is 0.435. The van der Waals surface area contributed by atoms with E-state index in [1.54, 1.807) is 30.5 Å². The van der Waals surface area contributed by atoms with E-state index in [0.717, 1.165) is 32.1 Å². The molecule has 5 nitrogen and oxygen atoms in total. The third-order valence-corrected chi connectivity index (χ3v) is 7.15. The van der Waals surface area contributed by atoms with E-state index in [4.69, 9.17) is 11.6 Å². The van der Waals surface area contributed by atoms with E-state index in [1.165, 1.54) is 0 Å². The lowest BCUT2D eigenvalue weighted by atomic mass is 9.46. The quantitative estimate of drug-likeness (QED) is 0.784. The Morgan fingerprint density at radius 3 is 2.52 bits per heavy atom. The maximum atomic E-state index is 13.3. The van der Waals surface area contributed by atoms with Crippen LogP contribution >= 0.6 is 11.6 Å². The van der Waals surface area contributed by atoms with Crippen LogP contribution in [0, 0.1) is 17.3 Å². The molecule has 29 heavy (non-hydrogen) atoms. The Labute approximate surface area is 175 Å². The Bertz CT molecular complexity index is 948. The van der Waals surface area contributed by atoms with Crippen LogP contribution in [0.25, 0.3) is 0 Å².